The fraction of sp³-hybridized carbons (Fsp3) is 0.294. The molecule has 0 saturated carbocycles. The van der Waals surface area contributed by atoms with Gasteiger partial charge in [-0.15, -0.1) is 11.8 Å². The van der Waals surface area contributed by atoms with E-state index >= 15 is 0 Å². The van der Waals surface area contributed by atoms with Crippen molar-refractivity contribution in [1.29, 1.82) is 0 Å². The summed E-state index contributed by atoms with van der Waals surface area (Å²) in [6, 6.07) is 14.8. The highest BCUT2D eigenvalue weighted by atomic mass is 79.9. The molecule has 0 aliphatic rings. The van der Waals surface area contributed by atoms with Gasteiger partial charge in [0.15, 0.2) is 0 Å². The lowest BCUT2D eigenvalue weighted by Crippen LogP contribution is -2.10. The summed E-state index contributed by atoms with van der Waals surface area (Å²) in [5, 5.41) is 0. The minimum atomic E-state index is 0.209. The maximum Gasteiger partial charge on any atom is 0.0453 e. The number of halogens is 1. The van der Waals surface area contributed by atoms with Gasteiger partial charge in [-0.2, -0.15) is 0 Å². The summed E-state index contributed by atoms with van der Waals surface area (Å²) in [5.41, 5.74) is 9.73. The predicted molar refractivity (Wildman–Crippen MR) is 93.3 cm³/mol. The standard InChI is InChI=1S/C17H20BrNS/c1-17(2,3)13-6-4-12(5-7-13)11-20-16-10-14(18)8-9-15(16)19/h4-10H,11,19H2,1-3H3. The van der Waals surface area contributed by atoms with Crippen LogP contribution in [0.1, 0.15) is 31.9 Å². The second kappa shape index (κ2) is 6.23. The van der Waals surface area contributed by atoms with Crippen LogP contribution in [0, 0.1) is 0 Å². The Hall–Kier alpha value is -0.930. The van der Waals surface area contributed by atoms with Crippen LogP contribution in [0.5, 0.6) is 0 Å². The zero-order valence-corrected chi connectivity index (χ0v) is 14.5. The number of anilines is 1. The summed E-state index contributed by atoms with van der Waals surface area (Å²) in [7, 11) is 0. The van der Waals surface area contributed by atoms with E-state index in [4.69, 9.17) is 5.73 Å². The quantitative estimate of drug-likeness (QED) is 0.574. The number of rotatable bonds is 3. The highest BCUT2D eigenvalue weighted by Crippen LogP contribution is 2.31. The molecule has 0 radical (unpaired) electrons. The molecule has 3 heteroatoms. The molecule has 0 aliphatic carbocycles. The number of hydrogen-bond donors (Lipinski definition) is 1. The summed E-state index contributed by atoms with van der Waals surface area (Å²) in [6.07, 6.45) is 0. The molecule has 0 fully saturated rings. The van der Waals surface area contributed by atoms with E-state index < -0.39 is 0 Å². The van der Waals surface area contributed by atoms with Crippen molar-refractivity contribution in [2.45, 2.75) is 36.8 Å². The molecule has 2 N–H and O–H groups in total. The summed E-state index contributed by atoms with van der Waals surface area (Å²) >= 11 is 5.26. The van der Waals surface area contributed by atoms with Gasteiger partial charge in [-0.05, 0) is 34.7 Å². The first-order valence-electron chi connectivity index (χ1n) is 6.63. The fourth-order valence-corrected chi connectivity index (χ4v) is 3.37. The van der Waals surface area contributed by atoms with Gasteiger partial charge in [0.05, 0.1) is 0 Å². The van der Waals surface area contributed by atoms with Crippen LogP contribution in [0.4, 0.5) is 5.69 Å². The fourth-order valence-electron chi connectivity index (χ4n) is 1.90. The molecule has 0 atom stereocenters. The van der Waals surface area contributed by atoms with Gasteiger partial charge in [-0.3, -0.25) is 0 Å². The zero-order valence-electron chi connectivity index (χ0n) is 12.1. The summed E-state index contributed by atoms with van der Waals surface area (Å²) in [5.74, 6) is 0.936. The summed E-state index contributed by atoms with van der Waals surface area (Å²) < 4.78 is 1.07. The molecule has 0 amide bonds. The van der Waals surface area contributed by atoms with Crippen LogP contribution >= 0.6 is 27.7 Å². The molecule has 106 valence electrons. The molecule has 0 aliphatic heterocycles. The molecule has 20 heavy (non-hydrogen) atoms. The Morgan fingerprint density at radius 1 is 1.05 bits per heavy atom. The van der Waals surface area contributed by atoms with Crippen LogP contribution in [-0.4, -0.2) is 0 Å². The van der Waals surface area contributed by atoms with Crippen molar-refractivity contribution in [2.24, 2.45) is 0 Å². The second-order valence-electron chi connectivity index (χ2n) is 5.92. The van der Waals surface area contributed by atoms with E-state index in [1.807, 2.05) is 12.1 Å². The lowest BCUT2D eigenvalue weighted by atomic mass is 9.87. The van der Waals surface area contributed by atoms with E-state index in [0.717, 1.165) is 20.8 Å². The molecular formula is C17H20BrNS. The van der Waals surface area contributed by atoms with E-state index in [1.165, 1.54) is 11.1 Å². The molecule has 1 nitrogen and oxygen atoms in total. The maximum absolute atomic E-state index is 5.99. The minimum absolute atomic E-state index is 0.209. The lowest BCUT2D eigenvalue weighted by Gasteiger charge is -2.19. The Bertz CT molecular complexity index is 585. The topological polar surface area (TPSA) is 26.0 Å². The van der Waals surface area contributed by atoms with Gasteiger partial charge in [0.2, 0.25) is 0 Å². The second-order valence-corrected chi connectivity index (χ2v) is 7.85. The van der Waals surface area contributed by atoms with E-state index in [2.05, 4.69) is 67.0 Å². The molecule has 0 spiro atoms. The molecule has 0 unspecified atom stereocenters. The highest BCUT2D eigenvalue weighted by molar-refractivity contribution is 9.10. The number of nitrogens with two attached hydrogens (primary N) is 1. The predicted octanol–water partition coefficient (Wildman–Crippen LogP) is 5.62. The number of thioether (sulfide) groups is 1. The molecule has 2 aromatic rings. The van der Waals surface area contributed by atoms with E-state index in [0.29, 0.717) is 0 Å². The number of benzene rings is 2. The number of nitrogen functional groups attached to an aromatic ring is 1. The molecule has 0 bridgehead atoms. The largest absolute Gasteiger partial charge is 0.398 e. The van der Waals surface area contributed by atoms with Crippen molar-refractivity contribution in [3.63, 3.8) is 0 Å². The van der Waals surface area contributed by atoms with Crippen LogP contribution in [0.3, 0.4) is 0 Å². The van der Waals surface area contributed by atoms with E-state index in [1.54, 1.807) is 11.8 Å². The van der Waals surface area contributed by atoms with Crippen LogP contribution in [0.2, 0.25) is 0 Å². The van der Waals surface area contributed by atoms with Crippen molar-refractivity contribution < 1.29 is 0 Å². The van der Waals surface area contributed by atoms with Gasteiger partial charge in [0, 0.05) is 20.8 Å². The van der Waals surface area contributed by atoms with Crippen LogP contribution < -0.4 is 5.73 Å². The first-order valence-corrected chi connectivity index (χ1v) is 8.41. The monoisotopic (exact) mass is 349 g/mol. The normalized spacial score (nSPS) is 11.6. The zero-order chi connectivity index (χ0) is 14.8. The van der Waals surface area contributed by atoms with Gasteiger partial charge in [-0.1, -0.05) is 61.0 Å². The molecule has 0 saturated heterocycles. The SMILES string of the molecule is CC(C)(C)c1ccc(CSc2cc(Br)ccc2N)cc1. The average Bonchev–Trinajstić information content (AvgIpc) is 2.39. The van der Waals surface area contributed by atoms with Gasteiger partial charge < -0.3 is 5.73 Å². The molecule has 2 rings (SSSR count). The van der Waals surface area contributed by atoms with Crippen molar-refractivity contribution in [2.75, 3.05) is 5.73 Å². The van der Waals surface area contributed by atoms with Gasteiger partial charge in [0.25, 0.3) is 0 Å². The van der Waals surface area contributed by atoms with Crippen LogP contribution in [0.15, 0.2) is 51.8 Å². The minimum Gasteiger partial charge on any atom is -0.398 e. The third-order valence-electron chi connectivity index (χ3n) is 3.19. The van der Waals surface area contributed by atoms with Crippen molar-refractivity contribution >= 4 is 33.4 Å². The molecular weight excluding hydrogens is 330 g/mol. The Labute approximate surface area is 134 Å². The Morgan fingerprint density at radius 2 is 1.70 bits per heavy atom. The smallest absolute Gasteiger partial charge is 0.0453 e. The highest BCUT2D eigenvalue weighted by Gasteiger charge is 2.12. The molecule has 0 heterocycles. The van der Waals surface area contributed by atoms with Crippen LogP contribution in [-0.2, 0) is 11.2 Å². The third kappa shape index (κ3) is 4.03. The first-order chi connectivity index (χ1) is 9.36. The van der Waals surface area contributed by atoms with Crippen molar-refractivity contribution in [1.82, 2.24) is 0 Å². The summed E-state index contributed by atoms with van der Waals surface area (Å²) in [6.45, 7) is 6.71. The van der Waals surface area contributed by atoms with Crippen LogP contribution in [0.25, 0.3) is 0 Å². The average molecular weight is 350 g/mol. The Kier molecular flexibility index (Phi) is 4.82. The number of hydrogen-bond acceptors (Lipinski definition) is 2. The molecule has 2 aromatic carbocycles. The van der Waals surface area contributed by atoms with E-state index in [-0.39, 0.29) is 5.41 Å². The Morgan fingerprint density at radius 3 is 2.30 bits per heavy atom. The molecule has 0 aromatic heterocycles. The Balaban J connectivity index is 2.06. The van der Waals surface area contributed by atoms with Gasteiger partial charge in [-0.25, -0.2) is 0 Å². The maximum atomic E-state index is 5.99. The van der Waals surface area contributed by atoms with Gasteiger partial charge in [0.1, 0.15) is 0 Å². The third-order valence-corrected chi connectivity index (χ3v) is 4.83. The van der Waals surface area contributed by atoms with E-state index in [9.17, 15) is 0 Å². The van der Waals surface area contributed by atoms with Gasteiger partial charge >= 0.3 is 0 Å². The summed E-state index contributed by atoms with van der Waals surface area (Å²) in [4.78, 5) is 1.12. The first kappa shape index (κ1) is 15.5. The lowest BCUT2D eigenvalue weighted by molar-refractivity contribution is 0.590. The van der Waals surface area contributed by atoms with Crippen molar-refractivity contribution in [3.8, 4) is 0 Å². The van der Waals surface area contributed by atoms with Crippen molar-refractivity contribution in [3.05, 3.63) is 58.1 Å².